The number of hydrogen-bond acceptors (Lipinski definition) is 3. The highest BCUT2D eigenvalue weighted by Gasteiger charge is 2.06. The quantitative estimate of drug-likeness (QED) is 0.528. The lowest BCUT2D eigenvalue weighted by molar-refractivity contribution is -0.139. The molecule has 0 amide bonds. The Morgan fingerprint density at radius 3 is 2.60 bits per heavy atom. The number of para-hydroxylation sites is 1. The van der Waals surface area contributed by atoms with E-state index < -0.39 is 12.6 Å². The predicted molar refractivity (Wildman–Crippen MR) is 57.8 cm³/mol. The van der Waals surface area contributed by atoms with E-state index in [1.54, 1.807) is 24.3 Å². The number of carboxylic acid groups (broad SMARTS) is 1. The molecule has 0 unspecified atom stereocenters. The van der Waals surface area contributed by atoms with Crippen LogP contribution >= 0.6 is 12.4 Å². The molecule has 1 aromatic rings. The lowest BCUT2D eigenvalue weighted by Gasteiger charge is -2.07. The van der Waals surface area contributed by atoms with Gasteiger partial charge in [-0.3, -0.25) is 5.41 Å². The Balaban J connectivity index is 0.00000196. The van der Waals surface area contributed by atoms with Gasteiger partial charge < -0.3 is 15.6 Å². The molecule has 0 spiro atoms. The first-order chi connectivity index (χ1) is 6.61. The average Bonchev–Trinajstić information content (AvgIpc) is 2.15. The molecule has 0 heterocycles. The second kappa shape index (κ2) is 5.87. The first-order valence-electron chi connectivity index (χ1n) is 3.89. The standard InChI is InChI=1S/C9H10N2O3.ClH/c10-9(11)6-3-1-2-4-7(6)14-5-8(12)13;/h1-4H,5H2,(H3,10,11)(H,12,13);1H. The highest BCUT2D eigenvalue weighted by atomic mass is 35.5. The Morgan fingerprint density at radius 1 is 1.47 bits per heavy atom. The fourth-order valence-electron chi connectivity index (χ4n) is 0.955. The molecule has 0 aliphatic rings. The van der Waals surface area contributed by atoms with Crippen molar-refractivity contribution >= 4 is 24.2 Å². The molecule has 0 fully saturated rings. The molecule has 0 bridgehead atoms. The zero-order valence-corrected chi connectivity index (χ0v) is 8.58. The molecular weight excluding hydrogens is 220 g/mol. The average molecular weight is 231 g/mol. The van der Waals surface area contributed by atoms with E-state index in [1.807, 2.05) is 0 Å². The molecule has 82 valence electrons. The van der Waals surface area contributed by atoms with E-state index in [4.69, 9.17) is 21.0 Å². The monoisotopic (exact) mass is 230 g/mol. The SMILES string of the molecule is Cl.N=C(N)c1ccccc1OCC(=O)O. The van der Waals surface area contributed by atoms with Gasteiger partial charge in [-0.15, -0.1) is 12.4 Å². The van der Waals surface area contributed by atoms with Crippen LogP contribution in [0, 0.1) is 5.41 Å². The summed E-state index contributed by atoms with van der Waals surface area (Å²) in [6.45, 7) is -0.440. The third-order valence-corrected chi connectivity index (χ3v) is 1.53. The van der Waals surface area contributed by atoms with Crippen LogP contribution in [0.1, 0.15) is 5.56 Å². The zero-order valence-electron chi connectivity index (χ0n) is 7.77. The van der Waals surface area contributed by atoms with Gasteiger partial charge >= 0.3 is 5.97 Å². The smallest absolute Gasteiger partial charge is 0.341 e. The summed E-state index contributed by atoms with van der Waals surface area (Å²) in [6.07, 6.45) is 0. The lowest BCUT2D eigenvalue weighted by atomic mass is 10.2. The number of nitrogens with one attached hydrogen (secondary N) is 1. The van der Waals surface area contributed by atoms with Crippen LogP contribution in [0.3, 0.4) is 0 Å². The Hall–Kier alpha value is -1.75. The van der Waals surface area contributed by atoms with Gasteiger partial charge in [0.2, 0.25) is 0 Å². The van der Waals surface area contributed by atoms with E-state index in [1.165, 1.54) is 0 Å². The molecule has 1 aromatic carbocycles. The van der Waals surface area contributed by atoms with Gasteiger partial charge in [-0.25, -0.2) is 4.79 Å². The second-order valence-corrected chi connectivity index (χ2v) is 2.59. The van der Waals surface area contributed by atoms with Crippen LogP contribution in [-0.2, 0) is 4.79 Å². The summed E-state index contributed by atoms with van der Waals surface area (Å²) in [5.41, 5.74) is 5.67. The maximum Gasteiger partial charge on any atom is 0.341 e. The van der Waals surface area contributed by atoms with Crippen molar-refractivity contribution in [2.75, 3.05) is 6.61 Å². The predicted octanol–water partition coefficient (Wildman–Crippen LogP) is 0.856. The highest BCUT2D eigenvalue weighted by molar-refractivity contribution is 5.97. The molecule has 4 N–H and O–H groups in total. The molecule has 0 aliphatic carbocycles. The summed E-state index contributed by atoms with van der Waals surface area (Å²) in [5, 5.41) is 15.6. The van der Waals surface area contributed by atoms with Crippen molar-refractivity contribution in [3.8, 4) is 5.75 Å². The number of rotatable bonds is 4. The molecule has 15 heavy (non-hydrogen) atoms. The van der Waals surface area contributed by atoms with Crippen LogP contribution in [0.5, 0.6) is 5.75 Å². The normalized spacial score (nSPS) is 8.80. The summed E-state index contributed by atoms with van der Waals surface area (Å²) in [5.74, 6) is -0.906. The van der Waals surface area contributed by atoms with Gasteiger partial charge in [0.15, 0.2) is 6.61 Å². The van der Waals surface area contributed by atoms with E-state index >= 15 is 0 Å². The fourth-order valence-corrected chi connectivity index (χ4v) is 0.955. The summed E-state index contributed by atoms with van der Waals surface area (Å²) >= 11 is 0. The van der Waals surface area contributed by atoms with Crippen LogP contribution in [-0.4, -0.2) is 23.5 Å². The van der Waals surface area contributed by atoms with Crippen LogP contribution in [0.25, 0.3) is 0 Å². The Bertz CT molecular complexity index is 368. The van der Waals surface area contributed by atoms with Crippen molar-refractivity contribution in [2.45, 2.75) is 0 Å². The maximum absolute atomic E-state index is 10.2. The van der Waals surface area contributed by atoms with Crippen molar-refractivity contribution in [1.82, 2.24) is 0 Å². The number of nitrogen functional groups attached to an aromatic ring is 1. The zero-order chi connectivity index (χ0) is 10.6. The van der Waals surface area contributed by atoms with Crippen molar-refractivity contribution in [3.05, 3.63) is 29.8 Å². The van der Waals surface area contributed by atoms with Crippen molar-refractivity contribution in [1.29, 1.82) is 5.41 Å². The third-order valence-electron chi connectivity index (χ3n) is 1.53. The van der Waals surface area contributed by atoms with Crippen LogP contribution in [0.2, 0.25) is 0 Å². The lowest BCUT2D eigenvalue weighted by Crippen LogP contribution is -2.15. The van der Waals surface area contributed by atoms with Crippen molar-refractivity contribution < 1.29 is 14.6 Å². The van der Waals surface area contributed by atoms with E-state index in [2.05, 4.69) is 0 Å². The van der Waals surface area contributed by atoms with Gasteiger partial charge in [-0.2, -0.15) is 0 Å². The third kappa shape index (κ3) is 3.86. The molecule has 1 rings (SSSR count). The summed E-state index contributed by atoms with van der Waals surface area (Å²) in [4.78, 5) is 10.2. The van der Waals surface area contributed by atoms with Crippen molar-refractivity contribution in [3.63, 3.8) is 0 Å². The molecule has 0 aromatic heterocycles. The van der Waals surface area contributed by atoms with Gasteiger partial charge in [0, 0.05) is 0 Å². The van der Waals surface area contributed by atoms with Crippen LogP contribution in [0.15, 0.2) is 24.3 Å². The fraction of sp³-hybridized carbons (Fsp3) is 0.111. The van der Waals surface area contributed by atoms with E-state index in [0.717, 1.165) is 0 Å². The maximum atomic E-state index is 10.2. The Labute approximate surface area is 92.8 Å². The molecular formula is C9H11ClN2O3. The van der Waals surface area contributed by atoms with Gasteiger partial charge in [0.1, 0.15) is 11.6 Å². The number of carbonyl (C=O) groups is 1. The molecule has 5 nitrogen and oxygen atoms in total. The topological polar surface area (TPSA) is 96.4 Å². The summed E-state index contributed by atoms with van der Waals surface area (Å²) < 4.78 is 4.94. The number of hydrogen-bond donors (Lipinski definition) is 3. The summed E-state index contributed by atoms with van der Waals surface area (Å²) in [7, 11) is 0. The summed E-state index contributed by atoms with van der Waals surface area (Å²) in [6, 6.07) is 6.55. The number of benzene rings is 1. The number of ether oxygens (including phenoxy) is 1. The first-order valence-corrected chi connectivity index (χ1v) is 3.89. The highest BCUT2D eigenvalue weighted by Crippen LogP contribution is 2.16. The van der Waals surface area contributed by atoms with Gasteiger partial charge in [0.25, 0.3) is 0 Å². The Morgan fingerprint density at radius 2 is 2.07 bits per heavy atom. The van der Waals surface area contributed by atoms with Crippen LogP contribution < -0.4 is 10.5 Å². The number of nitrogens with two attached hydrogens (primary N) is 1. The minimum absolute atomic E-state index is 0. The molecule has 0 saturated carbocycles. The number of aliphatic carboxylic acids is 1. The number of halogens is 1. The molecule has 0 saturated heterocycles. The Kier molecular flexibility index (Phi) is 5.19. The minimum Gasteiger partial charge on any atom is -0.481 e. The van der Waals surface area contributed by atoms with E-state index in [9.17, 15) is 4.79 Å². The van der Waals surface area contributed by atoms with Crippen molar-refractivity contribution in [2.24, 2.45) is 5.73 Å². The van der Waals surface area contributed by atoms with Crippen LogP contribution in [0.4, 0.5) is 0 Å². The molecule has 6 heteroatoms. The van der Waals surface area contributed by atoms with E-state index in [0.29, 0.717) is 11.3 Å². The van der Waals surface area contributed by atoms with Gasteiger partial charge in [-0.1, -0.05) is 12.1 Å². The molecule has 0 atom stereocenters. The van der Waals surface area contributed by atoms with E-state index in [-0.39, 0.29) is 18.2 Å². The molecule has 0 radical (unpaired) electrons. The number of amidine groups is 1. The van der Waals surface area contributed by atoms with Gasteiger partial charge in [0.05, 0.1) is 5.56 Å². The largest absolute Gasteiger partial charge is 0.481 e. The molecule has 0 aliphatic heterocycles. The van der Waals surface area contributed by atoms with Gasteiger partial charge in [-0.05, 0) is 12.1 Å². The second-order valence-electron chi connectivity index (χ2n) is 2.59. The minimum atomic E-state index is -1.07. The first kappa shape index (κ1) is 13.2. The number of carboxylic acids is 1.